The average Bonchev–Trinajstić information content (AvgIpc) is 3.72. The molecule has 2 aliphatic heterocycles. The summed E-state index contributed by atoms with van der Waals surface area (Å²) in [5.74, 6) is -8.78. The van der Waals surface area contributed by atoms with Crippen LogP contribution in [0.5, 0.6) is 5.75 Å². The molecule has 1 saturated heterocycles. The van der Waals surface area contributed by atoms with Gasteiger partial charge < -0.3 is 72.4 Å². The average molecular weight is 1180 g/mol. The number of aliphatic imine (C=N–C) groups is 1. The number of amidine groups is 1. The minimum Gasteiger partial charge on any atom is -0.462 e. The van der Waals surface area contributed by atoms with E-state index in [4.69, 9.17) is 57.8 Å². The lowest BCUT2D eigenvalue weighted by atomic mass is 9.94. The molecule has 20 nitrogen and oxygen atoms in total. The normalized spacial score (nSPS) is 14.5. The van der Waals surface area contributed by atoms with E-state index in [9.17, 15) is 36.7 Å². The van der Waals surface area contributed by atoms with Crippen LogP contribution in [0.3, 0.4) is 0 Å². The maximum atomic E-state index is 13.7. The van der Waals surface area contributed by atoms with E-state index in [2.05, 4.69) is 22.7 Å². The number of fused-ring (bicyclic) bond motifs is 1. The van der Waals surface area contributed by atoms with Gasteiger partial charge in [0.05, 0.1) is 156 Å². The van der Waals surface area contributed by atoms with Gasteiger partial charge in [-0.25, -0.2) is 13.8 Å². The molecular weight excluding hydrogens is 1090 g/mol. The van der Waals surface area contributed by atoms with Gasteiger partial charge in [-0.3, -0.25) is 19.2 Å². The first-order chi connectivity index (χ1) is 39.4. The summed E-state index contributed by atoms with van der Waals surface area (Å²) in [5, 5.41) is 0. The molecule has 456 valence electrons. The Morgan fingerprint density at radius 2 is 1.14 bits per heavy atom. The van der Waals surface area contributed by atoms with Gasteiger partial charge in [0.2, 0.25) is 29.2 Å². The first-order valence-corrected chi connectivity index (χ1v) is 29.0. The Balaban J connectivity index is 0.729. The van der Waals surface area contributed by atoms with Gasteiger partial charge in [-0.1, -0.05) is 6.92 Å². The zero-order chi connectivity index (χ0) is 57.9. The number of hydrogen-bond acceptors (Lipinski definition) is 19. The molecule has 25 heteroatoms. The van der Waals surface area contributed by atoms with E-state index >= 15 is 0 Å². The zero-order valence-corrected chi connectivity index (χ0v) is 47.5. The van der Waals surface area contributed by atoms with Gasteiger partial charge in [0, 0.05) is 55.5 Å². The summed E-state index contributed by atoms with van der Waals surface area (Å²) in [7, 11) is 0. The smallest absolute Gasteiger partial charge is 0.313 e. The van der Waals surface area contributed by atoms with E-state index in [1.54, 1.807) is 11.3 Å². The van der Waals surface area contributed by atoms with Gasteiger partial charge in [-0.2, -0.15) is 8.78 Å². The van der Waals surface area contributed by atoms with Crippen LogP contribution >= 0.6 is 11.3 Å². The number of esters is 2. The molecule has 5 rings (SSSR count). The van der Waals surface area contributed by atoms with Crippen LogP contribution in [0.15, 0.2) is 22.7 Å². The monoisotopic (exact) mass is 1170 g/mol. The summed E-state index contributed by atoms with van der Waals surface area (Å²) in [6, 6.07) is 2.08. The van der Waals surface area contributed by atoms with Gasteiger partial charge in [0.25, 0.3) is 0 Å². The van der Waals surface area contributed by atoms with E-state index < -0.39 is 41.4 Å². The SMILES string of the molecule is CCCN(CCCCC(=O)OC1CCC1)C(=O)C1=Cc2sc(CCC3CN(C(=O)CCOCCOCCOCCOCCOCCOCCOCCOCCOCCOCCC(=O)Oc4c(F)c(F)cc(F)c4F)C3)cc2N=C(N)C1. The fourth-order valence-electron chi connectivity index (χ4n) is 8.25. The van der Waals surface area contributed by atoms with E-state index in [1.807, 2.05) is 15.9 Å². The first kappa shape index (κ1) is 67.1. The molecule has 2 aromatic rings. The molecule has 0 radical (unpaired) electrons. The number of nitrogens with zero attached hydrogens (tertiary/aromatic N) is 3. The van der Waals surface area contributed by atoms with Crippen molar-refractivity contribution in [3.63, 3.8) is 0 Å². The van der Waals surface area contributed by atoms with Crippen molar-refractivity contribution < 1.29 is 93.6 Å². The summed E-state index contributed by atoms with van der Waals surface area (Å²) in [6.45, 7) is 11.5. The Morgan fingerprint density at radius 3 is 1.62 bits per heavy atom. The largest absolute Gasteiger partial charge is 0.462 e. The summed E-state index contributed by atoms with van der Waals surface area (Å²) >= 11 is 1.64. The predicted octanol–water partition coefficient (Wildman–Crippen LogP) is 6.53. The van der Waals surface area contributed by atoms with Crippen molar-refractivity contribution in [1.29, 1.82) is 0 Å². The number of aryl methyl sites for hydroxylation is 1. The molecule has 1 saturated carbocycles. The van der Waals surface area contributed by atoms with Gasteiger partial charge in [-0.05, 0) is 69.4 Å². The second-order valence-electron chi connectivity index (χ2n) is 19.3. The van der Waals surface area contributed by atoms with Crippen molar-refractivity contribution in [3.05, 3.63) is 50.7 Å². The van der Waals surface area contributed by atoms with Crippen LogP contribution in [-0.2, 0) is 77.7 Å². The number of unbranched alkanes of at least 4 members (excludes halogenated alkanes) is 1. The molecule has 3 heterocycles. The van der Waals surface area contributed by atoms with Crippen LogP contribution in [0.25, 0.3) is 6.08 Å². The molecule has 1 aliphatic carbocycles. The molecule has 81 heavy (non-hydrogen) atoms. The number of carbonyl (C=O) groups excluding carboxylic acids is 4. The maximum absolute atomic E-state index is 13.7. The molecule has 0 spiro atoms. The highest BCUT2D eigenvalue weighted by atomic mass is 32.1. The van der Waals surface area contributed by atoms with Crippen molar-refractivity contribution >= 4 is 52.7 Å². The number of carbonyl (C=O) groups is 4. The van der Waals surface area contributed by atoms with Crippen LogP contribution in [0.4, 0.5) is 23.2 Å². The number of nitrogens with two attached hydrogens (primary N) is 1. The first-order valence-electron chi connectivity index (χ1n) is 28.2. The highest BCUT2D eigenvalue weighted by molar-refractivity contribution is 7.13. The topological polar surface area (TPSA) is 224 Å². The van der Waals surface area contributed by atoms with Crippen LogP contribution in [0.1, 0.15) is 87.3 Å². The summed E-state index contributed by atoms with van der Waals surface area (Å²) in [6.07, 6.45) is 9.70. The van der Waals surface area contributed by atoms with Crippen LogP contribution < -0.4 is 10.5 Å². The van der Waals surface area contributed by atoms with Crippen molar-refractivity contribution in [3.8, 4) is 5.75 Å². The number of likely N-dealkylation sites (tertiary alicyclic amines) is 1. The highest BCUT2D eigenvalue weighted by Crippen LogP contribution is 2.36. The number of amides is 2. The van der Waals surface area contributed by atoms with Gasteiger partial charge in [-0.15, -0.1) is 11.3 Å². The Bertz CT molecular complexity index is 2230. The summed E-state index contributed by atoms with van der Waals surface area (Å²) < 4.78 is 118. The molecule has 2 N–H and O–H groups in total. The van der Waals surface area contributed by atoms with Gasteiger partial charge in [0.15, 0.2) is 11.6 Å². The molecule has 1 aromatic heterocycles. The Hall–Kier alpha value is -4.67. The minimum atomic E-state index is -1.80. The van der Waals surface area contributed by atoms with Gasteiger partial charge in [0.1, 0.15) is 11.9 Å². The Kier molecular flexibility index (Phi) is 32.9. The maximum Gasteiger partial charge on any atom is 0.313 e. The number of rotatable bonds is 46. The second-order valence-corrected chi connectivity index (χ2v) is 20.5. The summed E-state index contributed by atoms with van der Waals surface area (Å²) in [5.41, 5.74) is 7.74. The third kappa shape index (κ3) is 26.6. The third-order valence-electron chi connectivity index (χ3n) is 12.9. The molecule has 0 atom stereocenters. The lowest BCUT2D eigenvalue weighted by Gasteiger charge is -2.39. The van der Waals surface area contributed by atoms with Crippen LogP contribution in [-0.4, -0.2) is 204 Å². The molecule has 3 aliphatic rings. The van der Waals surface area contributed by atoms with Crippen LogP contribution in [0.2, 0.25) is 0 Å². The van der Waals surface area contributed by atoms with Gasteiger partial charge >= 0.3 is 11.9 Å². The van der Waals surface area contributed by atoms with Crippen molar-refractivity contribution in [2.45, 2.75) is 90.1 Å². The quantitative estimate of drug-likeness (QED) is 0.0245. The number of benzene rings is 1. The standard InChI is InChI=1S/C56H82F4N4O16S/c1-2-13-63(14-4-3-8-51(66)79-43-6-5-7-43)56(68)42-35-48-47(62-49(61)36-42)37-44(81-48)10-9-41-39-64(40-41)50(65)11-15-69-17-19-71-21-23-73-25-27-75-29-31-77-33-34-78-32-30-76-28-26-74-24-22-72-20-18-70-16-12-52(67)80-55-53(59)45(57)38-46(58)54(55)60/h35,37-38,41,43H,2-34,36,39-40H2,1H3,(H2,61,62). The molecule has 2 fully saturated rings. The van der Waals surface area contributed by atoms with E-state index in [1.165, 1.54) is 4.88 Å². The molecular formula is C56H82F4N4O16S. The number of thiophene rings is 1. The lowest BCUT2D eigenvalue weighted by Crippen LogP contribution is -2.50. The fourth-order valence-corrected chi connectivity index (χ4v) is 9.34. The second kappa shape index (κ2) is 39.7. The minimum absolute atomic E-state index is 0.0156. The van der Waals surface area contributed by atoms with Crippen molar-refractivity contribution in [2.24, 2.45) is 16.6 Å². The summed E-state index contributed by atoms with van der Waals surface area (Å²) in [4.78, 5) is 60.8. The Labute approximate surface area is 476 Å². The molecule has 1 aromatic carbocycles. The lowest BCUT2D eigenvalue weighted by molar-refractivity contribution is -0.153. The van der Waals surface area contributed by atoms with Crippen molar-refractivity contribution in [2.75, 3.05) is 158 Å². The van der Waals surface area contributed by atoms with E-state index in [-0.39, 0.29) is 56.4 Å². The molecule has 0 unspecified atom stereocenters. The fraction of sp³-hybridized carbons (Fsp3) is 0.696. The number of ether oxygens (including phenoxy) is 12. The molecule has 2 amide bonds. The third-order valence-corrected chi connectivity index (χ3v) is 14.0. The van der Waals surface area contributed by atoms with E-state index in [0.717, 1.165) is 68.6 Å². The Morgan fingerprint density at radius 1 is 0.642 bits per heavy atom. The number of hydrogen-bond donors (Lipinski definition) is 1. The highest BCUT2D eigenvalue weighted by Gasteiger charge is 2.31. The van der Waals surface area contributed by atoms with E-state index in [0.29, 0.717) is 162 Å². The zero-order valence-electron chi connectivity index (χ0n) is 46.7. The van der Waals surface area contributed by atoms with Crippen molar-refractivity contribution in [1.82, 2.24) is 9.80 Å². The number of halogens is 4. The van der Waals surface area contributed by atoms with Crippen LogP contribution in [0, 0.1) is 29.2 Å². The predicted molar refractivity (Wildman–Crippen MR) is 290 cm³/mol. The molecule has 0 bridgehead atoms.